The van der Waals surface area contributed by atoms with Gasteiger partial charge in [-0.25, -0.2) is 22.1 Å². The molecule has 0 unspecified atom stereocenters. The van der Waals surface area contributed by atoms with Crippen LogP contribution < -0.4 is 22.2 Å². The summed E-state index contributed by atoms with van der Waals surface area (Å²) < 4.78 is 140. The molecule has 2 aromatic heterocycles. The van der Waals surface area contributed by atoms with Gasteiger partial charge in [-0.05, 0) is 6.92 Å². The molecule has 0 aliphatic carbocycles. The first kappa shape index (κ1) is 25.1. The van der Waals surface area contributed by atoms with Crippen LogP contribution in [0.4, 0.5) is 43.9 Å². The van der Waals surface area contributed by atoms with Crippen molar-refractivity contribution < 1.29 is 43.9 Å². The molecule has 0 saturated heterocycles. The maximum Gasteiger partial charge on any atom is 0.418 e. The van der Waals surface area contributed by atoms with E-state index in [0.29, 0.717) is 14.0 Å². The van der Waals surface area contributed by atoms with Crippen LogP contribution in [0.2, 0.25) is 0 Å². The van der Waals surface area contributed by atoms with E-state index in [0.717, 1.165) is 0 Å². The SMILES string of the molecule is Cc1c(F)c(F)c(F)c(-n2c(=O)c3c(C(F)(F)F)c4c(=O)n(C)c(=O)c4c(C(F)(F)F)c3c2=O)c1F. The van der Waals surface area contributed by atoms with Crippen LogP contribution in [0.25, 0.3) is 27.2 Å². The van der Waals surface area contributed by atoms with Crippen molar-refractivity contribution >= 4 is 21.5 Å². The van der Waals surface area contributed by atoms with Crippen LogP contribution >= 0.6 is 0 Å². The summed E-state index contributed by atoms with van der Waals surface area (Å²) in [5, 5.41) is -8.11. The van der Waals surface area contributed by atoms with Gasteiger partial charge in [0.2, 0.25) is 0 Å². The minimum Gasteiger partial charge on any atom is -0.277 e. The molecule has 0 spiro atoms. The van der Waals surface area contributed by atoms with Crippen molar-refractivity contribution in [3.8, 4) is 5.69 Å². The average Bonchev–Trinajstić information content (AvgIpc) is 3.14. The summed E-state index contributed by atoms with van der Waals surface area (Å²) in [6.07, 6.45) is -11.7. The van der Waals surface area contributed by atoms with Crippen molar-refractivity contribution in [1.29, 1.82) is 0 Å². The topological polar surface area (TPSA) is 78.1 Å². The maximum absolute atomic E-state index is 14.7. The molecule has 4 rings (SSSR count). The second-order valence-electron chi connectivity index (χ2n) is 7.59. The molecule has 0 fully saturated rings. The Morgan fingerprint density at radius 1 is 0.556 bits per heavy atom. The van der Waals surface area contributed by atoms with Gasteiger partial charge in [0.05, 0.1) is 32.7 Å². The number of alkyl halides is 6. The highest BCUT2D eigenvalue weighted by atomic mass is 19.4. The second-order valence-corrected chi connectivity index (χ2v) is 7.59. The summed E-state index contributed by atoms with van der Waals surface area (Å²) in [6.45, 7) is 0.485. The lowest BCUT2D eigenvalue weighted by atomic mass is 9.96. The van der Waals surface area contributed by atoms with E-state index >= 15 is 0 Å². The van der Waals surface area contributed by atoms with Gasteiger partial charge in [-0.1, -0.05) is 0 Å². The third-order valence-electron chi connectivity index (χ3n) is 5.62. The molecule has 0 saturated carbocycles. The highest BCUT2D eigenvalue weighted by Gasteiger charge is 2.47. The molecule has 16 heteroatoms. The number of aromatic nitrogens is 2. The van der Waals surface area contributed by atoms with Crippen LogP contribution in [0, 0.1) is 30.2 Å². The molecule has 0 amide bonds. The Morgan fingerprint density at radius 2 is 0.917 bits per heavy atom. The Bertz CT molecular complexity index is 1730. The van der Waals surface area contributed by atoms with E-state index in [1.54, 1.807) is 0 Å². The van der Waals surface area contributed by atoms with Gasteiger partial charge in [-0.2, -0.15) is 26.3 Å². The van der Waals surface area contributed by atoms with Crippen molar-refractivity contribution in [2.45, 2.75) is 19.3 Å². The van der Waals surface area contributed by atoms with Crippen LogP contribution in [0.1, 0.15) is 16.7 Å². The summed E-state index contributed by atoms with van der Waals surface area (Å²) in [5.74, 6) is -9.41. The zero-order valence-electron chi connectivity index (χ0n) is 17.3. The van der Waals surface area contributed by atoms with Crippen molar-refractivity contribution in [2.75, 3.05) is 0 Å². The van der Waals surface area contributed by atoms with Crippen LogP contribution in [-0.4, -0.2) is 9.13 Å². The quantitative estimate of drug-likeness (QED) is 0.216. The third kappa shape index (κ3) is 2.99. The molecule has 0 atom stereocenters. The molecular formula is C20H6F10N2O4. The van der Waals surface area contributed by atoms with Gasteiger partial charge in [0.1, 0.15) is 5.69 Å². The number of halogens is 10. The zero-order chi connectivity index (χ0) is 27.4. The Morgan fingerprint density at radius 3 is 1.28 bits per heavy atom. The Labute approximate surface area is 188 Å². The number of hydrogen-bond acceptors (Lipinski definition) is 4. The lowest BCUT2D eigenvalue weighted by molar-refractivity contribution is -0.137. The van der Waals surface area contributed by atoms with Crippen LogP contribution in [0.5, 0.6) is 0 Å². The van der Waals surface area contributed by atoms with Gasteiger partial charge >= 0.3 is 12.4 Å². The summed E-state index contributed by atoms with van der Waals surface area (Å²) in [7, 11) is 0.543. The van der Waals surface area contributed by atoms with Gasteiger partial charge in [0.25, 0.3) is 22.2 Å². The smallest absolute Gasteiger partial charge is 0.277 e. The highest BCUT2D eigenvalue weighted by molar-refractivity contribution is 6.06. The van der Waals surface area contributed by atoms with Crippen LogP contribution in [-0.2, 0) is 19.4 Å². The normalized spacial score (nSPS) is 12.9. The monoisotopic (exact) mass is 528 g/mol. The van der Waals surface area contributed by atoms with E-state index < -0.39 is 106 Å². The van der Waals surface area contributed by atoms with E-state index in [4.69, 9.17) is 0 Å². The van der Waals surface area contributed by atoms with E-state index in [1.165, 1.54) is 0 Å². The van der Waals surface area contributed by atoms with Crippen LogP contribution in [0.3, 0.4) is 0 Å². The lowest BCUT2D eigenvalue weighted by Crippen LogP contribution is -2.28. The van der Waals surface area contributed by atoms with Crippen molar-refractivity contribution in [1.82, 2.24) is 9.13 Å². The molecule has 6 nitrogen and oxygen atoms in total. The molecule has 0 N–H and O–H groups in total. The largest absolute Gasteiger partial charge is 0.418 e. The molecule has 0 aliphatic rings. The van der Waals surface area contributed by atoms with E-state index in [2.05, 4.69) is 0 Å². The van der Waals surface area contributed by atoms with E-state index in [-0.39, 0.29) is 4.57 Å². The average molecular weight is 528 g/mol. The molecule has 0 radical (unpaired) electrons. The fourth-order valence-electron chi connectivity index (χ4n) is 4.05. The number of nitrogens with zero attached hydrogens (tertiary/aromatic N) is 2. The second kappa shape index (κ2) is 7.27. The Kier molecular flexibility index (Phi) is 5.07. The Balaban J connectivity index is 2.50. The van der Waals surface area contributed by atoms with Crippen molar-refractivity contribution in [3.63, 3.8) is 0 Å². The summed E-state index contributed by atoms with van der Waals surface area (Å²) in [4.78, 5) is 50.5. The minimum absolute atomic E-state index is 0.116. The maximum atomic E-state index is 14.7. The van der Waals surface area contributed by atoms with Gasteiger partial charge in [0, 0.05) is 12.6 Å². The third-order valence-corrected chi connectivity index (χ3v) is 5.62. The van der Waals surface area contributed by atoms with E-state index in [1.807, 2.05) is 0 Å². The molecule has 2 aromatic carbocycles. The molecule has 2 heterocycles. The first-order valence-electron chi connectivity index (χ1n) is 9.27. The van der Waals surface area contributed by atoms with Gasteiger partial charge in [-0.15, -0.1) is 0 Å². The van der Waals surface area contributed by atoms with Crippen molar-refractivity contribution in [2.24, 2.45) is 7.05 Å². The number of hydrogen-bond donors (Lipinski definition) is 0. The minimum atomic E-state index is -5.85. The Hall–Kier alpha value is -3.98. The fraction of sp³-hybridized carbons (Fsp3) is 0.200. The molecule has 0 aliphatic heterocycles. The predicted octanol–water partition coefficient (Wildman–Crippen LogP) is 3.34. The van der Waals surface area contributed by atoms with Gasteiger partial charge in [0.15, 0.2) is 23.3 Å². The lowest BCUT2D eigenvalue weighted by Gasteiger charge is -2.13. The summed E-state index contributed by atoms with van der Waals surface area (Å²) in [5.41, 5.74) is -17.0. The number of rotatable bonds is 1. The molecular weight excluding hydrogens is 522 g/mol. The molecule has 190 valence electrons. The van der Waals surface area contributed by atoms with E-state index in [9.17, 15) is 63.1 Å². The first-order chi connectivity index (χ1) is 16.4. The number of fused-ring (bicyclic) bond motifs is 2. The fourth-order valence-corrected chi connectivity index (χ4v) is 4.05. The highest BCUT2D eigenvalue weighted by Crippen LogP contribution is 2.44. The van der Waals surface area contributed by atoms with Crippen molar-refractivity contribution in [3.05, 3.63) is 81.4 Å². The van der Waals surface area contributed by atoms with Gasteiger partial charge in [-0.3, -0.25) is 23.7 Å². The molecule has 36 heavy (non-hydrogen) atoms. The van der Waals surface area contributed by atoms with Crippen LogP contribution in [0.15, 0.2) is 19.2 Å². The summed E-state index contributed by atoms with van der Waals surface area (Å²) >= 11 is 0. The first-order valence-corrected chi connectivity index (χ1v) is 9.27. The molecule has 0 bridgehead atoms. The number of benzene rings is 2. The summed E-state index contributed by atoms with van der Waals surface area (Å²) in [6, 6.07) is 0. The standard InChI is InChI=1S/C20H6F10N2O4/c1-3-10(21)12(23)13(24)14(11(3)22)32-17(35)6-7(18(32)36)9(20(28,29)30)5-4(8(6)19(25,26)27)15(33)31(2)16(5)34/h1-2H3. The molecule has 4 aromatic rings. The van der Waals surface area contributed by atoms with Gasteiger partial charge < -0.3 is 0 Å². The predicted molar refractivity (Wildman–Crippen MR) is 102 cm³/mol. The zero-order valence-corrected chi connectivity index (χ0v) is 17.3.